The predicted molar refractivity (Wildman–Crippen MR) is 145 cm³/mol. The Hall–Kier alpha value is -2.78. The van der Waals surface area contributed by atoms with E-state index in [1.165, 1.54) is 11.1 Å². The molecule has 0 unspecified atom stereocenters. The number of nitrogens with zero attached hydrogens (tertiary/aromatic N) is 4. The molecule has 2 N–H and O–H groups in total. The number of hydrogen-bond acceptors (Lipinski definition) is 6. The number of fused-ring (bicyclic) bond motifs is 1. The van der Waals surface area contributed by atoms with Crippen molar-refractivity contribution in [1.82, 2.24) is 24.9 Å². The number of amides is 2. The maximum Gasteiger partial charge on any atom is 0.251 e. The number of rotatable bonds is 10. The van der Waals surface area contributed by atoms with Crippen molar-refractivity contribution < 1.29 is 14.7 Å². The third-order valence-corrected chi connectivity index (χ3v) is 7.53. The first-order valence-corrected chi connectivity index (χ1v) is 13.4. The minimum absolute atomic E-state index is 0.102. The average molecular weight is 508 g/mol. The fourth-order valence-electron chi connectivity index (χ4n) is 5.07. The summed E-state index contributed by atoms with van der Waals surface area (Å²) in [6.07, 6.45) is 0.387. The highest BCUT2D eigenvalue weighted by atomic mass is 16.3. The van der Waals surface area contributed by atoms with Gasteiger partial charge in [-0.2, -0.15) is 0 Å². The molecule has 0 aliphatic carbocycles. The van der Waals surface area contributed by atoms with Gasteiger partial charge in [0.1, 0.15) is 0 Å². The highest BCUT2D eigenvalue weighted by Crippen LogP contribution is 2.18. The van der Waals surface area contributed by atoms with E-state index in [-0.39, 0.29) is 18.4 Å². The second-order valence-electron chi connectivity index (χ2n) is 10.4. The maximum absolute atomic E-state index is 12.8. The molecule has 4 rings (SSSR count). The van der Waals surface area contributed by atoms with E-state index in [1.807, 2.05) is 25.2 Å². The van der Waals surface area contributed by atoms with Gasteiger partial charge >= 0.3 is 0 Å². The van der Waals surface area contributed by atoms with Gasteiger partial charge in [-0.05, 0) is 35.2 Å². The molecule has 200 valence electrons. The Morgan fingerprint density at radius 3 is 2.46 bits per heavy atom. The van der Waals surface area contributed by atoms with E-state index in [9.17, 15) is 14.7 Å². The first kappa shape index (κ1) is 27.3. The second kappa shape index (κ2) is 13.1. The van der Waals surface area contributed by atoms with Gasteiger partial charge in [0.05, 0.1) is 6.10 Å². The van der Waals surface area contributed by atoms with Crippen LogP contribution in [0.3, 0.4) is 0 Å². The molecule has 8 heteroatoms. The summed E-state index contributed by atoms with van der Waals surface area (Å²) >= 11 is 0. The van der Waals surface area contributed by atoms with Crippen LogP contribution >= 0.6 is 0 Å². The zero-order valence-corrected chi connectivity index (χ0v) is 22.2. The van der Waals surface area contributed by atoms with Crippen LogP contribution < -0.4 is 5.32 Å². The molecular weight excluding hydrogens is 466 g/mol. The summed E-state index contributed by atoms with van der Waals surface area (Å²) < 4.78 is 0. The van der Waals surface area contributed by atoms with Gasteiger partial charge in [-0.3, -0.25) is 24.3 Å². The number of hydrogen-bond donors (Lipinski definition) is 2. The van der Waals surface area contributed by atoms with Crippen LogP contribution in [0.4, 0.5) is 0 Å². The topological polar surface area (TPSA) is 79.4 Å². The molecule has 37 heavy (non-hydrogen) atoms. The van der Waals surface area contributed by atoms with Crippen LogP contribution in [0.5, 0.6) is 0 Å². The van der Waals surface area contributed by atoms with Crippen molar-refractivity contribution >= 4 is 11.8 Å². The summed E-state index contributed by atoms with van der Waals surface area (Å²) in [4.78, 5) is 33.0. The number of β-amino-alcohol motifs (C(OH)–C–C–N with tert-alkyl or cyclic N) is 1. The molecule has 0 saturated carbocycles. The van der Waals surface area contributed by atoms with Crippen LogP contribution in [0.25, 0.3) is 0 Å². The summed E-state index contributed by atoms with van der Waals surface area (Å²) in [6, 6.07) is 16.2. The minimum atomic E-state index is -0.607. The molecule has 0 bridgehead atoms. The molecule has 0 aromatic heterocycles. The third kappa shape index (κ3) is 8.10. The van der Waals surface area contributed by atoms with Gasteiger partial charge in [0, 0.05) is 91.5 Å². The normalized spacial score (nSPS) is 17.7. The Morgan fingerprint density at radius 2 is 1.70 bits per heavy atom. The van der Waals surface area contributed by atoms with E-state index in [0.717, 1.165) is 70.9 Å². The quantitative estimate of drug-likeness (QED) is 0.507. The summed E-state index contributed by atoms with van der Waals surface area (Å²) in [7, 11) is 1.84. The Bertz CT molecular complexity index is 1050. The molecule has 8 nitrogen and oxygen atoms in total. The minimum Gasteiger partial charge on any atom is -0.390 e. The highest BCUT2D eigenvalue weighted by molar-refractivity contribution is 5.94. The van der Waals surface area contributed by atoms with Crippen LogP contribution in [0, 0.1) is 0 Å². The van der Waals surface area contributed by atoms with Crippen molar-refractivity contribution in [3.8, 4) is 0 Å². The fraction of sp³-hybridized carbons (Fsp3) is 0.517. The molecule has 2 heterocycles. The molecule has 2 amide bonds. The van der Waals surface area contributed by atoms with Gasteiger partial charge in [0.2, 0.25) is 5.91 Å². The zero-order valence-electron chi connectivity index (χ0n) is 22.2. The number of aliphatic hydroxyl groups excluding tert-OH is 1. The van der Waals surface area contributed by atoms with E-state index in [4.69, 9.17) is 0 Å². The van der Waals surface area contributed by atoms with E-state index >= 15 is 0 Å². The highest BCUT2D eigenvalue weighted by Gasteiger charge is 2.20. The largest absolute Gasteiger partial charge is 0.390 e. The molecule has 2 aliphatic heterocycles. The molecule has 2 aromatic carbocycles. The number of likely N-dealkylation sites (N-methyl/N-ethyl adjacent to an activating group) is 1. The molecular formula is C29H41N5O3. The van der Waals surface area contributed by atoms with Crippen LogP contribution in [-0.4, -0.2) is 109 Å². The molecule has 1 saturated heterocycles. The first-order chi connectivity index (χ1) is 17.9. The van der Waals surface area contributed by atoms with Crippen molar-refractivity contribution in [3.63, 3.8) is 0 Å². The van der Waals surface area contributed by atoms with Crippen LogP contribution in [0.15, 0.2) is 48.5 Å². The third-order valence-electron chi connectivity index (χ3n) is 7.53. The summed E-state index contributed by atoms with van der Waals surface area (Å²) in [5.74, 6) is -0.0467. The molecule has 2 aliphatic rings. The summed E-state index contributed by atoms with van der Waals surface area (Å²) in [6.45, 7) is 10.5. The number of carbonyl (C=O) groups excluding carboxylic acids is 2. The number of benzene rings is 2. The Kier molecular flexibility index (Phi) is 9.68. The molecule has 1 atom stereocenters. The van der Waals surface area contributed by atoms with Crippen molar-refractivity contribution in [2.24, 2.45) is 0 Å². The van der Waals surface area contributed by atoms with Gasteiger partial charge in [0.15, 0.2) is 0 Å². The molecule has 2 aromatic rings. The number of piperazine rings is 1. The molecule has 0 radical (unpaired) electrons. The maximum atomic E-state index is 12.8. The zero-order chi connectivity index (χ0) is 26.2. The smallest absolute Gasteiger partial charge is 0.251 e. The molecule has 0 spiro atoms. The van der Waals surface area contributed by atoms with Crippen molar-refractivity contribution in [2.45, 2.75) is 32.5 Å². The van der Waals surface area contributed by atoms with Crippen molar-refractivity contribution in [2.75, 3.05) is 66.0 Å². The standard InChI is InChI=1S/C29H41N5O3/c1-23(35)31(2)12-13-32-14-16-33(17-15-32)20-24-6-5-9-26(18-24)29(37)30-19-28(36)22-34-11-10-25-7-3-4-8-27(25)21-34/h3-9,18,28,36H,10-17,19-22H2,1-2H3,(H,30,37)/t28-/m0/s1. The lowest BCUT2D eigenvalue weighted by Crippen LogP contribution is -2.48. The summed E-state index contributed by atoms with van der Waals surface area (Å²) in [5.41, 5.74) is 4.46. The van der Waals surface area contributed by atoms with Crippen LogP contribution in [-0.2, 0) is 24.3 Å². The second-order valence-corrected chi connectivity index (χ2v) is 10.4. The summed E-state index contributed by atoms with van der Waals surface area (Å²) in [5, 5.41) is 13.5. The number of nitrogens with one attached hydrogen (secondary N) is 1. The predicted octanol–water partition coefficient (Wildman–Crippen LogP) is 1.43. The van der Waals surface area contributed by atoms with E-state index in [2.05, 4.69) is 50.3 Å². The number of carbonyl (C=O) groups is 2. The lowest BCUT2D eigenvalue weighted by atomic mass is 10.00. The van der Waals surface area contributed by atoms with E-state index in [0.29, 0.717) is 12.1 Å². The average Bonchev–Trinajstić information content (AvgIpc) is 2.91. The lowest BCUT2D eigenvalue weighted by Gasteiger charge is -2.35. The van der Waals surface area contributed by atoms with E-state index in [1.54, 1.807) is 11.8 Å². The van der Waals surface area contributed by atoms with Gasteiger partial charge < -0.3 is 15.3 Å². The van der Waals surface area contributed by atoms with Gasteiger partial charge in [0.25, 0.3) is 5.91 Å². The van der Waals surface area contributed by atoms with Gasteiger partial charge in [-0.15, -0.1) is 0 Å². The Labute approximate surface area is 220 Å². The van der Waals surface area contributed by atoms with Crippen LogP contribution in [0.2, 0.25) is 0 Å². The van der Waals surface area contributed by atoms with Gasteiger partial charge in [-0.1, -0.05) is 36.4 Å². The SMILES string of the molecule is CC(=O)N(C)CCN1CCN(Cc2cccc(C(=O)NC[C@H](O)CN3CCc4ccccc4C3)c2)CC1. The fourth-order valence-corrected chi connectivity index (χ4v) is 5.07. The lowest BCUT2D eigenvalue weighted by molar-refractivity contribution is -0.127. The van der Waals surface area contributed by atoms with Crippen molar-refractivity contribution in [3.05, 3.63) is 70.8 Å². The number of aliphatic hydroxyl groups is 1. The Balaban J connectivity index is 1.18. The van der Waals surface area contributed by atoms with Crippen LogP contribution in [0.1, 0.15) is 34.0 Å². The monoisotopic (exact) mass is 507 g/mol. The molecule has 1 fully saturated rings. The van der Waals surface area contributed by atoms with Crippen molar-refractivity contribution in [1.29, 1.82) is 0 Å². The Morgan fingerprint density at radius 1 is 0.973 bits per heavy atom. The van der Waals surface area contributed by atoms with E-state index < -0.39 is 6.10 Å². The van der Waals surface area contributed by atoms with Gasteiger partial charge in [-0.25, -0.2) is 0 Å². The first-order valence-electron chi connectivity index (χ1n) is 13.4.